The van der Waals surface area contributed by atoms with Gasteiger partial charge in [-0.05, 0) is 24.5 Å². The van der Waals surface area contributed by atoms with Crippen molar-refractivity contribution in [2.45, 2.75) is 26.2 Å². The number of aromatic amines is 1. The fourth-order valence-corrected chi connectivity index (χ4v) is 1.98. The average molecular weight is 257 g/mol. The van der Waals surface area contributed by atoms with Crippen LogP contribution in [0.4, 0.5) is 0 Å². The van der Waals surface area contributed by atoms with E-state index in [9.17, 15) is 4.79 Å². The third-order valence-electron chi connectivity index (χ3n) is 3.12. The molecule has 0 saturated heterocycles. The Hall–Kier alpha value is -2.10. The summed E-state index contributed by atoms with van der Waals surface area (Å²) in [6, 6.07) is 8.18. The summed E-state index contributed by atoms with van der Waals surface area (Å²) in [5.74, 6) is 0.994. The van der Waals surface area contributed by atoms with E-state index in [1.807, 2.05) is 12.1 Å². The normalized spacial score (nSPS) is 10.4. The monoisotopic (exact) mass is 257 g/mol. The van der Waals surface area contributed by atoms with E-state index in [0.717, 1.165) is 18.7 Å². The standard InChI is InChI=1S/C15H19N3O/c1-12-4-2-3-5-13(12)6-7-15(19)18-9-8-14-16-10-11-17-14/h2-5,10-11H,6-9H2,1H3,(H,16,17)(H,18,19). The second kappa shape index (κ2) is 6.73. The summed E-state index contributed by atoms with van der Waals surface area (Å²) in [5.41, 5.74) is 2.48. The van der Waals surface area contributed by atoms with Crippen molar-refractivity contribution < 1.29 is 4.79 Å². The zero-order chi connectivity index (χ0) is 13.5. The molecule has 0 unspecified atom stereocenters. The van der Waals surface area contributed by atoms with Gasteiger partial charge in [-0.2, -0.15) is 0 Å². The number of amides is 1. The van der Waals surface area contributed by atoms with Crippen LogP contribution in [0.5, 0.6) is 0 Å². The van der Waals surface area contributed by atoms with Gasteiger partial charge in [-0.1, -0.05) is 24.3 Å². The number of carbonyl (C=O) groups is 1. The first-order valence-electron chi connectivity index (χ1n) is 6.55. The molecule has 0 spiro atoms. The summed E-state index contributed by atoms with van der Waals surface area (Å²) >= 11 is 0. The van der Waals surface area contributed by atoms with Crippen molar-refractivity contribution in [2.24, 2.45) is 0 Å². The third-order valence-corrected chi connectivity index (χ3v) is 3.12. The molecule has 1 amide bonds. The highest BCUT2D eigenvalue weighted by molar-refractivity contribution is 5.76. The zero-order valence-electron chi connectivity index (χ0n) is 11.1. The molecule has 1 heterocycles. The van der Waals surface area contributed by atoms with Gasteiger partial charge in [-0.3, -0.25) is 4.79 Å². The van der Waals surface area contributed by atoms with E-state index in [1.165, 1.54) is 11.1 Å². The predicted molar refractivity (Wildman–Crippen MR) is 74.8 cm³/mol. The van der Waals surface area contributed by atoms with Crippen LogP contribution in [0, 0.1) is 6.92 Å². The van der Waals surface area contributed by atoms with E-state index >= 15 is 0 Å². The highest BCUT2D eigenvalue weighted by atomic mass is 16.1. The molecule has 2 N–H and O–H groups in total. The van der Waals surface area contributed by atoms with Gasteiger partial charge in [0.25, 0.3) is 0 Å². The lowest BCUT2D eigenvalue weighted by Crippen LogP contribution is -2.26. The molecule has 0 aliphatic heterocycles. The number of aromatic nitrogens is 2. The van der Waals surface area contributed by atoms with E-state index in [0.29, 0.717) is 13.0 Å². The summed E-state index contributed by atoms with van der Waals surface area (Å²) in [5, 5.41) is 2.91. The lowest BCUT2D eigenvalue weighted by molar-refractivity contribution is -0.121. The molecule has 100 valence electrons. The molecule has 0 radical (unpaired) electrons. The van der Waals surface area contributed by atoms with Crippen molar-refractivity contribution in [3.8, 4) is 0 Å². The Labute approximate surface area is 113 Å². The second-order valence-corrected chi connectivity index (χ2v) is 4.56. The number of rotatable bonds is 6. The lowest BCUT2D eigenvalue weighted by Gasteiger charge is -2.06. The highest BCUT2D eigenvalue weighted by Gasteiger charge is 2.04. The van der Waals surface area contributed by atoms with E-state index < -0.39 is 0 Å². The van der Waals surface area contributed by atoms with Crippen LogP contribution >= 0.6 is 0 Å². The van der Waals surface area contributed by atoms with Crippen molar-refractivity contribution in [3.05, 3.63) is 53.6 Å². The molecule has 1 aromatic carbocycles. The maximum Gasteiger partial charge on any atom is 0.220 e. The molecule has 2 aromatic rings. The summed E-state index contributed by atoms with van der Waals surface area (Å²) in [4.78, 5) is 18.8. The van der Waals surface area contributed by atoms with Gasteiger partial charge in [0.15, 0.2) is 0 Å². The minimum absolute atomic E-state index is 0.0924. The summed E-state index contributed by atoms with van der Waals surface area (Å²) in [7, 11) is 0. The molecule has 0 fully saturated rings. The summed E-state index contributed by atoms with van der Waals surface area (Å²) in [6.07, 6.45) is 5.57. The molecule has 19 heavy (non-hydrogen) atoms. The Bertz CT molecular complexity index is 520. The summed E-state index contributed by atoms with van der Waals surface area (Å²) in [6.45, 7) is 2.70. The Morgan fingerprint density at radius 3 is 2.89 bits per heavy atom. The minimum atomic E-state index is 0.0924. The van der Waals surface area contributed by atoms with Crippen LogP contribution in [0.3, 0.4) is 0 Å². The smallest absolute Gasteiger partial charge is 0.220 e. The zero-order valence-corrected chi connectivity index (χ0v) is 11.1. The topological polar surface area (TPSA) is 57.8 Å². The second-order valence-electron chi connectivity index (χ2n) is 4.56. The van der Waals surface area contributed by atoms with E-state index in [4.69, 9.17) is 0 Å². The Kier molecular flexibility index (Phi) is 4.72. The van der Waals surface area contributed by atoms with Crippen molar-refractivity contribution in [1.82, 2.24) is 15.3 Å². The van der Waals surface area contributed by atoms with Gasteiger partial charge in [0, 0.05) is 31.8 Å². The number of hydrogen-bond acceptors (Lipinski definition) is 2. The Balaban J connectivity index is 1.69. The van der Waals surface area contributed by atoms with Crippen molar-refractivity contribution in [1.29, 1.82) is 0 Å². The Morgan fingerprint density at radius 1 is 1.32 bits per heavy atom. The average Bonchev–Trinajstić information content (AvgIpc) is 2.91. The maximum atomic E-state index is 11.7. The number of benzene rings is 1. The molecule has 0 bridgehead atoms. The van der Waals surface area contributed by atoms with Gasteiger partial charge in [0.2, 0.25) is 5.91 Å². The number of H-pyrrole nitrogens is 1. The van der Waals surface area contributed by atoms with E-state index in [2.05, 4.69) is 34.3 Å². The molecule has 0 aliphatic rings. The van der Waals surface area contributed by atoms with Gasteiger partial charge >= 0.3 is 0 Å². The molecule has 4 nitrogen and oxygen atoms in total. The van der Waals surface area contributed by atoms with Crippen LogP contribution in [0.1, 0.15) is 23.4 Å². The molecular weight excluding hydrogens is 238 g/mol. The van der Waals surface area contributed by atoms with Crippen molar-refractivity contribution >= 4 is 5.91 Å². The van der Waals surface area contributed by atoms with Crippen molar-refractivity contribution in [3.63, 3.8) is 0 Å². The Morgan fingerprint density at radius 2 is 2.16 bits per heavy atom. The molecule has 2 rings (SSSR count). The molecule has 0 saturated carbocycles. The molecule has 4 heteroatoms. The van der Waals surface area contributed by atoms with Crippen LogP contribution in [0.25, 0.3) is 0 Å². The molecule has 1 aromatic heterocycles. The first-order valence-corrected chi connectivity index (χ1v) is 6.55. The fraction of sp³-hybridized carbons (Fsp3) is 0.333. The lowest BCUT2D eigenvalue weighted by atomic mass is 10.0. The highest BCUT2D eigenvalue weighted by Crippen LogP contribution is 2.09. The van der Waals surface area contributed by atoms with Gasteiger partial charge in [0.05, 0.1) is 0 Å². The molecule has 0 aliphatic carbocycles. The summed E-state index contributed by atoms with van der Waals surface area (Å²) < 4.78 is 0. The van der Waals surface area contributed by atoms with Gasteiger partial charge < -0.3 is 10.3 Å². The van der Waals surface area contributed by atoms with Crippen LogP contribution in [-0.2, 0) is 17.6 Å². The SMILES string of the molecule is Cc1ccccc1CCC(=O)NCCc1ncc[nH]1. The minimum Gasteiger partial charge on any atom is -0.356 e. The third kappa shape index (κ3) is 4.25. The maximum absolute atomic E-state index is 11.7. The quantitative estimate of drug-likeness (QED) is 0.831. The van der Waals surface area contributed by atoms with Crippen LogP contribution in [0.15, 0.2) is 36.7 Å². The van der Waals surface area contributed by atoms with Gasteiger partial charge in [0.1, 0.15) is 5.82 Å². The number of nitrogens with one attached hydrogen (secondary N) is 2. The largest absolute Gasteiger partial charge is 0.356 e. The molecule has 0 atom stereocenters. The van der Waals surface area contributed by atoms with Gasteiger partial charge in [-0.15, -0.1) is 0 Å². The first-order chi connectivity index (χ1) is 9.25. The fourth-order valence-electron chi connectivity index (χ4n) is 1.98. The van der Waals surface area contributed by atoms with Gasteiger partial charge in [-0.25, -0.2) is 4.98 Å². The van der Waals surface area contributed by atoms with E-state index in [1.54, 1.807) is 12.4 Å². The first kappa shape index (κ1) is 13.3. The number of imidazole rings is 1. The van der Waals surface area contributed by atoms with Crippen LogP contribution < -0.4 is 5.32 Å². The number of aryl methyl sites for hydroxylation is 2. The molecular formula is C15H19N3O. The van der Waals surface area contributed by atoms with E-state index in [-0.39, 0.29) is 5.91 Å². The van der Waals surface area contributed by atoms with Crippen molar-refractivity contribution in [2.75, 3.05) is 6.54 Å². The number of carbonyl (C=O) groups excluding carboxylic acids is 1. The number of hydrogen-bond donors (Lipinski definition) is 2. The van der Waals surface area contributed by atoms with Crippen LogP contribution in [-0.4, -0.2) is 22.4 Å². The number of nitrogens with zero attached hydrogens (tertiary/aromatic N) is 1. The predicted octanol–water partition coefficient (Wildman–Crippen LogP) is 2.01. The van der Waals surface area contributed by atoms with Crippen LogP contribution in [0.2, 0.25) is 0 Å².